The maximum Gasteiger partial charge on any atom is 0.307 e. The summed E-state index contributed by atoms with van der Waals surface area (Å²) in [6, 6.07) is 3.10. The average Bonchev–Trinajstić information content (AvgIpc) is 3.28. The normalized spacial score (nSPS) is 11.5. The van der Waals surface area contributed by atoms with Crippen LogP contribution in [0.3, 0.4) is 0 Å². The lowest BCUT2D eigenvalue weighted by molar-refractivity contribution is -0.165. The second-order valence-electron chi connectivity index (χ2n) is 5.72. The summed E-state index contributed by atoms with van der Waals surface area (Å²) in [5, 5.41) is 8.41. The molecule has 0 amide bonds. The fourth-order valence-electron chi connectivity index (χ4n) is 2.70. The van der Waals surface area contributed by atoms with E-state index in [-0.39, 0.29) is 25.1 Å². The van der Waals surface area contributed by atoms with Crippen molar-refractivity contribution in [2.75, 3.05) is 5.33 Å². The first-order valence-corrected chi connectivity index (χ1v) is 9.03. The van der Waals surface area contributed by atoms with E-state index in [9.17, 15) is 13.6 Å². The lowest BCUT2D eigenvalue weighted by atomic mass is 9.92. The lowest BCUT2D eigenvalue weighted by Gasteiger charge is -2.34. The summed E-state index contributed by atoms with van der Waals surface area (Å²) >= 11 is 3.18. The summed E-state index contributed by atoms with van der Waals surface area (Å²) in [4.78, 5) is 20.1. The topological polar surface area (TPSA) is 87.7 Å². The third-order valence-electron chi connectivity index (χ3n) is 3.80. The van der Waals surface area contributed by atoms with E-state index in [0.717, 1.165) is 12.1 Å². The first-order valence-electron chi connectivity index (χ1n) is 7.90. The Labute approximate surface area is 161 Å². The number of alkyl halides is 1. The molecule has 2 aromatic heterocycles. The maximum atomic E-state index is 14.7. The number of ether oxygens (including phenoxy) is 1. The Morgan fingerprint density at radius 3 is 2.22 bits per heavy atom. The van der Waals surface area contributed by atoms with Crippen molar-refractivity contribution < 1.29 is 18.3 Å². The standard InChI is InChI=1S/C16H15BrF2N6O2/c17-4-3-15(26)27-16(6-24-10-20-8-22-24,7-25-11-21-9-23-25)13-2-1-12(18)5-14(13)19/h1-2,5,8-11H,3-4,6-7H2. The predicted octanol–water partition coefficient (Wildman–Crippen LogP) is 2.07. The predicted molar refractivity (Wildman–Crippen MR) is 92.6 cm³/mol. The van der Waals surface area contributed by atoms with E-state index in [0.29, 0.717) is 5.33 Å². The minimum atomic E-state index is -1.54. The SMILES string of the molecule is O=C(CCBr)OC(Cn1cncn1)(Cn1cncn1)c1ccc(F)cc1F. The van der Waals surface area contributed by atoms with Crippen LogP contribution in [0.5, 0.6) is 0 Å². The largest absolute Gasteiger partial charge is 0.450 e. The summed E-state index contributed by atoms with van der Waals surface area (Å²) in [7, 11) is 0. The molecule has 0 spiro atoms. The van der Waals surface area contributed by atoms with Crippen molar-refractivity contribution in [2.24, 2.45) is 0 Å². The van der Waals surface area contributed by atoms with Crippen LogP contribution in [0.2, 0.25) is 0 Å². The molecule has 0 atom stereocenters. The molecule has 0 aliphatic carbocycles. The molecule has 0 fully saturated rings. The van der Waals surface area contributed by atoms with Gasteiger partial charge in [0.1, 0.15) is 36.9 Å². The molecule has 8 nitrogen and oxygen atoms in total. The second kappa shape index (κ2) is 8.33. The molecule has 0 bridgehead atoms. The van der Waals surface area contributed by atoms with Gasteiger partial charge in [0.05, 0.1) is 19.5 Å². The second-order valence-corrected chi connectivity index (χ2v) is 6.51. The van der Waals surface area contributed by atoms with Crippen molar-refractivity contribution in [3.05, 3.63) is 60.7 Å². The molecule has 3 aromatic rings. The fourth-order valence-corrected chi connectivity index (χ4v) is 3.02. The van der Waals surface area contributed by atoms with Gasteiger partial charge in [-0.15, -0.1) is 0 Å². The molecule has 0 saturated heterocycles. The van der Waals surface area contributed by atoms with Crippen LogP contribution in [0, 0.1) is 11.6 Å². The summed E-state index contributed by atoms with van der Waals surface area (Å²) in [5.41, 5.74) is -1.55. The summed E-state index contributed by atoms with van der Waals surface area (Å²) < 4.78 is 36.7. The van der Waals surface area contributed by atoms with Gasteiger partial charge in [0.15, 0.2) is 5.60 Å². The molecule has 2 heterocycles. The number of carbonyl (C=O) groups excluding carboxylic acids is 1. The van der Waals surface area contributed by atoms with Gasteiger partial charge in [-0.25, -0.2) is 28.1 Å². The van der Waals surface area contributed by atoms with Gasteiger partial charge in [0.2, 0.25) is 0 Å². The molecule has 27 heavy (non-hydrogen) atoms. The molecule has 0 radical (unpaired) electrons. The van der Waals surface area contributed by atoms with Gasteiger partial charge in [-0.3, -0.25) is 4.79 Å². The number of esters is 1. The Bertz CT molecular complexity index is 852. The molecule has 0 N–H and O–H groups in total. The summed E-state index contributed by atoms with van der Waals surface area (Å²) in [5.74, 6) is -2.14. The van der Waals surface area contributed by atoms with E-state index in [1.807, 2.05) is 0 Å². The highest BCUT2D eigenvalue weighted by molar-refractivity contribution is 9.09. The van der Waals surface area contributed by atoms with Crippen LogP contribution in [0.4, 0.5) is 8.78 Å². The number of hydrogen-bond acceptors (Lipinski definition) is 6. The third kappa shape index (κ3) is 4.54. The van der Waals surface area contributed by atoms with Gasteiger partial charge >= 0.3 is 5.97 Å². The van der Waals surface area contributed by atoms with Crippen molar-refractivity contribution in [1.29, 1.82) is 0 Å². The summed E-state index contributed by atoms with van der Waals surface area (Å²) in [6.07, 6.45) is 5.51. The Morgan fingerprint density at radius 1 is 1.11 bits per heavy atom. The molecule has 0 aliphatic rings. The van der Waals surface area contributed by atoms with Crippen LogP contribution in [0.1, 0.15) is 12.0 Å². The van der Waals surface area contributed by atoms with Gasteiger partial charge in [0.25, 0.3) is 0 Å². The molecular weight excluding hydrogens is 426 g/mol. The number of hydrogen-bond donors (Lipinski definition) is 0. The number of rotatable bonds is 8. The monoisotopic (exact) mass is 440 g/mol. The fraction of sp³-hybridized carbons (Fsp3) is 0.312. The number of carbonyl (C=O) groups is 1. The van der Waals surface area contributed by atoms with E-state index in [1.165, 1.54) is 40.7 Å². The zero-order valence-electron chi connectivity index (χ0n) is 14.0. The first kappa shape index (κ1) is 19.1. The molecule has 11 heteroatoms. The molecule has 0 unspecified atom stereocenters. The third-order valence-corrected chi connectivity index (χ3v) is 4.19. The van der Waals surface area contributed by atoms with Crippen LogP contribution in [0.25, 0.3) is 0 Å². The molecule has 142 valence electrons. The molecule has 0 saturated carbocycles. The van der Waals surface area contributed by atoms with Crippen LogP contribution in [-0.2, 0) is 28.2 Å². The first-order chi connectivity index (χ1) is 13.0. The maximum absolute atomic E-state index is 14.7. The molecular formula is C16H15BrF2N6O2. The van der Waals surface area contributed by atoms with Gasteiger partial charge in [-0.1, -0.05) is 15.9 Å². The van der Waals surface area contributed by atoms with Crippen molar-refractivity contribution >= 4 is 21.9 Å². The highest BCUT2D eigenvalue weighted by atomic mass is 79.9. The van der Waals surface area contributed by atoms with Crippen LogP contribution in [0.15, 0.2) is 43.5 Å². The van der Waals surface area contributed by atoms with Crippen LogP contribution >= 0.6 is 15.9 Å². The van der Waals surface area contributed by atoms with E-state index >= 15 is 0 Å². The van der Waals surface area contributed by atoms with Crippen molar-refractivity contribution in [3.8, 4) is 0 Å². The lowest BCUT2D eigenvalue weighted by Crippen LogP contribution is -2.42. The Balaban J connectivity index is 2.10. The van der Waals surface area contributed by atoms with Crippen LogP contribution < -0.4 is 0 Å². The van der Waals surface area contributed by atoms with Crippen molar-refractivity contribution in [2.45, 2.75) is 25.1 Å². The number of benzene rings is 1. The Morgan fingerprint density at radius 2 is 1.74 bits per heavy atom. The van der Waals surface area contributed by atoms with Gasteiger partial charge in [-0.05, 0) is 12.1 Å². The number of nitrogens with zero attached hydrogens (tertiary/aromatic N) is 6. The minimum absolute atomic E-state index is 0.00202. The van der Waals surface area contributed by atoms with Gasteiger partial charge in [0, 0.05) is 17.0 Å². The molecule has 1 aromatic carbocycles. The van der Waals surface area contributed by atoms with E-state index < -0.39 is 23.2 Å². The smallest absolute Gasteiger partial charge is 0.307 e. The molecule has 3 rings (SSSR count). The summed E-state index contributed by atoms with van der Waals surface area (Å²) in [6.45, 7) is -0.104. The Kier molecular flexibility index (Phi) is 5.89. The van der Waals surface area contributed by atoms with Crippen LogP contribution in [-0.4, -0.2) is 40.8 Å². The van der Waals surface area contributed by atoms with E-state index in [2.05, 4.69) is 36.1 Å². The highest BCUT2D eigenvalue weighted by Crippen LogP contribution is 2.33. The zero-order valence-corrected chi connectivity index (χ0v) is 15.6. The van der Waals surface area contributed by atoms with Gasteiger partial charge < -0.3 is 4.74 Å². The number of halogens is 3. The van der Waals surface area contributed by atoms with E-state index in [4.69, 9.17) is 4.74 Å². The highest BCUT2D eigenvalue weighted by Gasteiger charge is 2.41. The van der Waals surface area contributed by atoms with Crippen molar-refractivity contribution in [1.82, 2.24) is 29.5 Å². The number of aromatic nitrogens is 6. The quantitative estimate of drug-likeness (QED) is 0.393. The molecule has 0 aliphatic heterocycles. The van der Waals surface area contributed by atoms with E-state index in [1.54, 1.807) is 0 Å². The van der Waals surface area contributed by atoms with Gasteiger partial charge in [-0.2, -0.15) is 10.2 Å². The van der Waals surface area contributed by atoms with Crippen molar-refractivity contribution in [3.63, 3.8) is 0 Å². The average molecular weight is 441 g/mol. The zero-order chi connectivity index (χ0) is 19.3. The minimum Gasteiger partial charge on any atom is -0.450 e. The Hall–Kier alpha value is -2.69.